The Bertz CT molecular complexity index is 632. The van der Waals surface area contributed by atoms with Crippen LogP contribution >= 0.6 is 0 Å². The molecule has 1 aromatic heterocycles. The van der Waals surface area contributed by atoms with Crippen molar-refractivity contribution < 1.29 is 0 Å². The summed E-state index contributed by atoms with van der Waals surface area (Å²) in [5, 5.41) is 2.18. The fourth-order valence-electron chi connectivity index (χ4n) is 1.86. The van der Waals surface area contributed by atoms with Crippen molar-refractivity contribution in [1.29, 1.82) is 0 Å². The van der Waals surface area contributed by atoms with E-state index < -0.39 is 0 Å². The fourth-order valence-corrected chi connectivity index (χ4v) is 1.86. The molecule has 0 bridgehead atoms. The lowest BCUT2D eigenvalue weighted by atomic mass is 10.1. The number of hydrogen-bond acceptors (Lipinski definition) is 3. The van der Waals surface area contributed by atoms with Crippen LogP contribution in [-0.2, 0) is 0 Å². The molecular weight excluding hydrogens is 210 g/mol. The van der Waals surface area contributed by atoms with E-state index in [0.29, 0.717) is 0 Å². The molecule has 86 valence electrons. The van der Waals surface area contributed by atoms with Crippen molar-refractivity contribution in [2.24, 2.45) is 0 Å². The summed E-state index contributed by atoms with van der Waals surface area (Å²) in [7, 11) is 0. The predicted octanol–water partition coefficient (Wildman–Crippen LogP) is 3.19. The highest BCUT2D eigenvalue weighted by Crippen LogP contribution is 2.22. The van der Waals surface area contributed by atoms with E-state index in [1.54, 1.807) is 0 Å². The maximum Gasteiger partial charge on any atom is 0.0730 e. The lowest BCUT2D eigenvalue weighted by molar-refractivity contribution is 1.50. The summed E-state index contributed by atoms with van der Waals surface area (Å²) in [4.78, 5) is 4.54. The zero-order valence-corrected chi connectivity index (χ0v) is 8.64. The van der Waals surface area contributed by atoms with E-state index in [9.17, 15) is 0 Å². The van der Waals surface area contributed by atoms with E-state index in [-0.39, 0.29) is 7.43 Å². The van der Waals surface area contributed by atoms with Crippen LogP contribution in [0, 0.1) is 0 Å². The van der Waals surface area contributed by atoms with Crippen molar-refractivity contribution in [2.75, 3.05) is 11.5 Å². The maximum absolute atomic E-state index is 5.73. The largest absolute Gasteiger partial charge is 0.399 e. The van der Waals surface area contributed by atoms with Gasteiger partial charge in [-0.25, -0.2) is 4.98 Å². The van der Waals surface area contributed by atoms with Gasteiger partial charge in [0.1, 0.15) is 0 Å². The molecule has 0 saturated heterocycles. The zero-order chi connectivity index (χ0) is 11.1. The summed E-state index contributed by atoms with van der Waals surface area (Å²) >= 11 is 0. The lowest BCUT2D eigenvalue weighted by Crippen LogP contribution is -1.89. The molecule has 0 aliphatic heterocycles. The van der Waals surface area contributed by atoms with Crippen LogP contribution in [0.4, 0.5) is 11.4 Å². The number of anilines is 2. The molecule has 0 spiro atoms. The second kappa shape index (κ2) is 3.94. The van der Waals surface area contributed by atoms with Crippen molar-refractivity contribution in [3.63, 3.8) is 0 Å². The highest BCUT2D eigenvalue weighted by molar-refractivity contribution is 5.94. The molecule has 0 fully saturated rings. The highest BCUT2D eigenvalue weighted by Gasteiger charge is 2.00. The van der Waals surface area contributed by atoms with Gasteiger partial charge >= 0.3 is 0 Å². The number of benzene rings is 2. The Hall–Kier alpha value is -2.29. The third-order valence-corrected chi connectivity index (χ3v) is 2.66. The maximum atomic E-state index is 5.73. The molecule has 0 aliphatic rings. The van der Waals surface area contributed by atoms with Crippen molar-refractivity contribution >= 4 is 33.2 Å². The van der Waals surface area contributed by atoms with Gasteiger partial charge in [0.2, 0.25) is 0 Å². The van der Waals surface area contributed by atoms with Crippen LogP contribution in [-0.4, -0.2) is 4.98 Å². The predicted molar refractivity (Wildman–Crippen MR) is 74.8 cm³/mol. The quantitative estimate of drug-likeness (QED) is 0.456. The molecule has 17 heavy (non-hydrogen) atoms. The Kier molecular flexibility index (Phi) is 2.60. The molecule has 0 aliphatic carbocycles. The monoisotopic (exact) mass is 225 g/mol. The molecule has 0 unspecified atom stereocenters. The number of pyridine rings is 1. The molecule has 3 heteroatoms. The average molecular weight is 225 g/mol. The van der Waals surface area contributed by atoms with Crippen LogP contribution in [0.25, 0.3) is 21.8 Å². The summed E-state index contributed by atoms with van der Waals surface area (Å²) in [6.45, 7) is 0. The van der Waals surface area contributed by atoms with Crippen molar-refractivity contribution in [3.8, 4) is 0 Å². The Morgan fingerprint density at radius 2 is 1.18 bits per heavy atom. The van der Waals surface area contributed by atoms with Gasteiger partial charge in [0.05, 0.1) is 11.0 Å². The second-order valence-electron chi connectivity index (χ2n) is 3.89. The van der Waals surface area contributed by atoms with Gasteiger partial charge in [-0.3, -0.25) is 0 Å². The number of nitrogens with two attached hydrogens (primary N) is 2. The third-order valence-electron chi connectivity index (χ3n) is 2.66. The normalized spacial score (nSPS) is 10.4. The van der Waals surface area contributed by atoms with Gasteiger partial charge < -0.3 is 11.5 Å². The number of rotatable bonds is 0. The summed E-state index contributed by atoms with van der Waals surface area (Å²) < 4.78 is 0. The third kappa shape index (κ3) is 1.87. The molecule has 3 aromatic rings. The van der Waals surface area contributed by atoms with E-state index in [4.69, 9.17) is 11.5 Å². The van der Waals surface area contributed by atoms with Crippen LogP contribution in [0.15, 0.2) is 42.5 Å². The number of hydrogen-bond donors (Lipinski definition) is 2. The molecule has 0 saturated carbocycles. The molecule has 3 nitrogen and oxygen atoms in total. The molecule has 1 heterocycles. The molecule has 2 aromatic carbocycles. The standard InChI is InChI=1S/C13H11N3.CH4/c14-10-3-1-8-5-9-2-4-11(15)7-13(9)16-12(8)6-10;/h1-7H,14-15H2;1H4. The smallest absolute Gasteiger partial charge is 0.0730 e. The first kappa shape index (κ1) is 11.2. The van der Waals surface area contributed by atoms with Crippen molar-refractivity contribution in [2.45, 2.75) is 7.43 Å². The first-order valence-electron chi connectivity index (χ1n) is 5.08. The van der Waals surface area contributed by atoms with Gasteiger partial charge in [-0.2, -0.15) is 0 Å². The average Bonchev–Trinajstić information content (AvgIpc) is 2.26. The van der Waals surface area contributed by atoms with E-state index >= 15 is 0 Å². The topological polar surface area (TPSA) is 64.9 Å². The minimum atomic E-state index is 0. The lowest BCUT2D eigenvalue weighted by Gasteiger charge is -2.03. The van der Waals surface area contributed by atoms with Gasteiger partial charge in [0, 0.05) is 22.1 Å². The van der Waals surface area contributed by atoms with E-state index in [2.05, 4.69) is 11.1 Å². The molecular formula is C14H15N3. The van der Waals surface area contributed by atoms with E-state index in [0.717, 1.165) is 33.2 Å². The first-order valence-corrected chi connectivity index (χ1v) is 5.08. The van der Waals surface area contributed by atoms with E-state index in [1.165, 1.54) is 0 Å². The first-order chi connectivity index (χ1) is 7.72. The fraction of sp³-hybridized carbons (Fsp3) is 0.0714. The highest BCUT2D eigenvalue weighted by atomic mass is 14.7. The van der Waals surface area contributed by atoms with Gasteiger partial charge in [-0.05, 0) is 30.3 Å². The van der Waals surface area contributed by atoms with Crippen LogP contribution in [0.3, 0.4) is 0 Å². The summed E-state index contributed by atoms with van der Waals surface area (Å²) in [6, 6.07) is 13.6. The summed E-state index contributed by atoms with van der Waals surface area (Å²) in [5.41, 5.74) is 14.7. The van der Waals surface area contributed by atoms with Gasteiger partial charge in [0.15, 0.2) is 0 Å². The van der Waals surface area contributed by atoms with Crippen LogP contribution in [0.5, 0.6) is 0 Å². The van der Waals surface area contributed by atoms with Crippen molar-refractivity contribution in [1.82, 2.24) is 4.98 Å². The Labute approximate surface area is 100 Å². The number of nitrogens with zero attached hydrogens (tertiary/aromatic N) is 1. The van der Waals surface area contributed by atoms with Gasteiger partial charge in [0.25, 0.3) is 0 Å². The Morgan fingerprint density at radius 1 is 0.706 bits per heavy atom. The molecule has 0 amide bonds. The Balaban J connectivity index is 0.00000108. The van der Waals surface area contributed by atoms with Crippen LogP contribution in [0.2, 0.25) is 0 Å². The summed E-state index contributed by atoms with van der Waals surface area (Å²) in [5.74, 6) is 0. The van der Waals surface area contributed by atoms with E-state index in [1.807, 2.05) is 36.4 Å². The number of fused-ring (bicyclic) bond motifs is 2. The van der Waals surface area contributed by atoms with Crippen LogP contribution < -0.4 is 11.5 Å². The Morgan fingerprint density at radius 3 is 1.65 bits per heavy atom. The number of nitrogen functional groups attached to an aromatic ring is 2. The molecule has 0 atom stereocenters. The summed E-state index contributed by atoms with van der Waals surface area (Å²) in [6.07, 6.45) is 0. The second-order valence-corrected chi connectivity index (χ2v) is 3.89. The van der Waals surface area contributed by atoms with Gasteiger partial charge in [-0.15, -0.1) is 0 Å². The number of aromatic nitrogens is 1. The SMILES string of the molecule is C.Nc1ccc2cc3ccc(N)cc3nc2c1. The molecule has 3 rings (SSSR count). The molecule has 0 radical (unpaired) electrons. The molecule has 4 N–H and O–H groups in total. The van der Waals surface area contributed by atoms with Crippen molar-refractivity contribution in [3.05, 3.63) is 42.5 Å². The minimum Gasteiger partial charge on any atom is -0.399 e. The van der Waals surface area contributed by atoms with Crippen LogP contribution in [0.1, 0.15) is 7.43 Å². The zero-order valence-electron chi connectivity index (χ0n) is 8.64. The minimum absolute atomic E-state index is 0. The van der Waals surface area contributed by atoms with Gasteiger partial charge in [-0.1, -0.05) is 19.6 Å².